The SMILES string of the molecule is NC=NN[CH]=[V]. The molecule has 0 bridgehead atoms. The summed E-state index contributed by atoms with van der Waals surface area (Å²) in [6, 6.07) is 0. The molecule has 0 saturated carbocycles. The van der Waals surface area contributed by atoms with E-state index in [9.17, 15) is 0 Å². The molecule has 0 radical (unpaired) electrons. The predicted molar refractivity (Wildman–Crippen MR) is 21.9 cm³/mol. The fourth-order valence-corrected chi connectivity index (χ4v) is 0.180. The molecule has 3 nitrogen and oxygen atoms in total. The number of hydrogen-bond donors (Lipinski definition) is 2. The van der Waals surface area contributed by atoms with Gasteiger partial charge in [0.25, 0.3) is 0 Å². The Hall–Kier alpha value is -0.276. The Balaban J connectivity index is 2.85. The zero-order chi connectivity index (χ0) is 4.83. The predicted octanol–water partition coefficient (Wildman–Crippen LogP) is -1.22. The van der Waals surface area contributed by atoms with Crippen molar-refractivity contribution in [2.75, 3.05) is 0 Å². The molecule has 0 aromatic heterocycles. The summed E-state index contributed by atoms with van der Waals surface area (Å²) in [7, 11) is 0. The van der Waals surface area contributed by atoms with Gasteiger partial charge in [-0.2, -0.15) is 0 Å². The van der Waals surface area contributed by atoms with E-state index in [0.717, 1.165) is 0 Å². The van der Waals surface area contributed by atoms with Crippen LogP contribution in [0.25, 0.3) is 0 Å². The number of nitrogens with two attached hydrogens (primary N) is 1. The molecular weight excluding hydrogens is 117 g/mol. The Morgan fingerprint density at radius 3 is 2.67 bits per heavy atom. The van der Waals surface area contributed by atoms with Crippen LogP contribution in [-0.2, 0) is 17.0 Å². The van der Waals surface area contributed by atoms with Crippen LogP contribution in [0.15, 0.2) is 5.10 Å². The molecule has 0 aromatic rings. The Morgan fingerprint density at radius 1 is 1.83 bits per heavy atom. The maximum atomic E-state index is 4.83. The Labute approximate surface area is 45.1 Å². The molecule has 4 heteroatoms. The zero-order valence-corrected chi connectivity index (χ0v) is 4.52. The van der Waals surface area contributed by atoms with Crippen LogP contribution in [0, 0.1) is 0 Å². The molecule has 0 heterocycles. The van der Waals surface area contributed by atoms with E-state index in [1.54, 1.807) is 4.85 Å². The van der Waals surface area contributed by atoms with Gasteiger partial charge in [-0.05, 0) is 0 Å². The summed E-state index contributed by atoms with van der Waals surface area (Å²) in [6.45, 7) is 0. The third kappa shape index (κ3) is 3.72. The summed E-state index contributed by atoms with van der Waals surface area (Å²) in [4.78, 5) is 1.62. The van der Waals surface area contributed by atoms with Gasteiger partial charge in [0, 0.05) is 0 Å². The molecule has 0 aliphatic rings. The van der Waals surface area contributed by atoms with Gasteiger partial charge in [0.2, 0.25) is 0 Å². The van der Waals surface area contributed by atoms with E-state index >= 15 is 0 Å². The molecule has 0 aliphatic heterocycles. The summed E-state index contributed by atoms with van der Waals surface area (Å²) in [5.74, 6) is 0. The van der Waals surface area contributed by atoms with Crippen molar-refractivity contribution in [1.29, 1.82) is 0 Å². The van der Waals surface area contributed by atoms with Crippen molar-refractivity contribution in [3.8, 4) is 0 Å². The third-order valence-electron chi connectivity index (χ3n) is 0.207. The zero-order valence-electron chi connectivity index (χ0n) is 3.13. The van der Waals surface area contributed by atoms with Crippen molar-refractivity contribution in [2.24, 2.45) is 10.8 Å². The first-order valence-corrected chi connectivity index (χ1v) is 2.17. The second-order valence-corrected chi connectivity index (χ2v) is 0.940. The number of rotatable bonds is 2. The Bertz CT molecular complexity index is 59.8. The molecule has 0 unspecified atom stereocenters. The second kappa shape index (κ2) is 4.72. The maximum absolute atomic E-state index is 4.83. The number of nitrogens with zero attached hydrogens (tertiary/aromatic N) is 1. The fraction of sp³-hybridized carbons (Fsp3) is 0. The molecule has 0 amide bonds. The van der Waals surface area contributed by atoms with E-state index < -0.39 is 0 Å². The first-order chi connectivity index (χ1) is 2.91. The van der Waals surface area contributed by atoms with E-state index in [2.05, 4.69) is 27.5 Å². The van der Waals surface area contributed by atoms with Crippen LogP contribution in [0.2, 0.25) is 0 Å². The first-order valence-electron chi connectivity index (χ1n) is 1.36. The van der Waals surface area contributed by atoms with Gasteiger partial charge in [-0.25, -0.2) is 0 Å². The second-order valence-electron chi connectivity index (χ2n) is 0.536. The normalized spacial score (nSPS) is 8.50. The topological polar surface area (TPSA) is 50.4 Å². The van der Waals surface area contributed by atoms with Crippen molar-refractivity contribution in [1.82, 2.24) is 5.43 Å². The van der Waals surface area contributed by atoms with Gasteiger partial charge in [-0.15, -0.1) is 0 Å². The van der Waals surface area contributed by atoms with Crippen LogP contribution >= 0.6 is 0 Å². The van der Waals surface area contributed by atoms with Crippen LogP contribution in [0.4, 0.5) is 0 Å². The summed E-state index contributed by atoms with van der Waals surface area (Å²) < 4.78 is 0. The number of nitrogens with one attached hydrogen (secondary N) is 1. The average Bonchev–Trinajstić information content (AvgIpc) is 1.61. The van der Waals surface area contributed by atoms with Crippen LogP contribution in [-0.4, -0.2) is 11.2 Å². The van der Waals surface area contributed by atoms with Crippen molar-refractivity contribution >= 4 is 11.2 Å². The standard InChI is InChI=1S/C2H5N3.V/c1-4-5-2-3;/h1-2,4H,(H2,3,5);. The van der Waals surface area contributed by atoms with E-state index in [-0.39, 0.29) is 0 Å². The first kappa shape index (κ1) is 5.72. The summed E-state index contributed by atoms with van der Waals surface area (Å²) >= 11 is 2.20. The molecule has 3 N–H and O–H groups in total. The van der Waals surface area contributed by atoms with Crippen LogP contribution < -0.4 is 11.2 Å². The third-order valence-corrected chi connectivity index (χ3v) is 0.387. The molecule has 0 aliphatic carbocycles. The molecule has 0 saturated heterocycles. The molecular formula is C2H5N3V. The van der Waals surface area contributed by atoms with Crippen LogP contribution in [0.3, 0.4) is 0 Å². The van der Waals surface area contributed by atoms with Gasteiger partial charge >= 0.3 is 44.4 Å². The molecule has 6 heavy (non-hydrogen) atoms. The van der Waals surface area contributed by atoms with Gasteiger partial charge in [-0.1, -0.05) is 0 Å². The van der Waals surface area contributed by atoms with Crippen molar-refractivity contribution in [2.45, 2.75) is 0 Å². The van der Waals surface area contributed by atoms with E-state index in [1.807, 2.05) is 0 Å². The molecule has 0 fully saturated rings. The van der Waals surface area contributed by atoms with Gasteiger partial charge < -0.3 is 0 Å². The van der Waals surface area contributed by atoms with E-state index in [4.69, 9.17) is 5.73 Å². The molecule has 0 atom stereocenters. The minimum atomic E-state index is 1.18. The van der Waals surface area contributed by atoms with E-state index in [1.165, 1.54) is 6.34 Å². The summed E-state index contributed by atoms with van der Waals surface area (Å²) in [6.07, 6.45) is 1.18. The monoisotopic (exact) mass is 122 g/mol. The van der Waals surface area contributed by atoms with E-state index in [0.29, 0.717) is 0 Å². The van der Waals surface area contributed by atoms with Crippen molar-refractivity contribution < 1.29 is 17.0 Å². The van der Waals surface area contributed by atoms with Gasteiger partial charge in [-0.3, -0.25) is 0 Å². The molecule has 0 rings (SSSR count). The Morgan fingerprint density at radius 2 is 2.50 bits per heavy atom. The van der Waals surface area contributed by atoms with Crippen molar-refractivity contribution in [3.63, 3.8) is 0 Å². The van der Waals surface area contributed by atoms with Gasteiger partial charge in [0.1, 0.15) is 0 Å². The van der Waals surface area contributed by atoms with Crippen molar-refractivity contribution in [3.05, 3.63) is 0 Å². The average molecular weight is 122 g/mol. The quantitative estimate of drug-likeness (QED) is 0.274. The molecule has 0 spiro atoms. The minimum absolute atomic E-state index is 1.18. The van der Waals surface area contributed by atoms with Gasteiger partial charge in [0.15, 0.2) is 0 Å². The molecule has 0 aromatic carbocycles. The van der Waals surface area contributed by atoms with Crippen LogP contribution in [0.1, 0.15) is 0 Å². The number of hydrazone groups is 1. The van der Waals surface area contributed by atoms with Crippen LogP contribution in [0.5, 0.6) is 0 Å². The van der Waals surface area contributed by atoms with Gasteiger partial charge in [0.05, 0.1) is 0 Å². The number of hydrogen-bond acceptors (Lipinski definition) is 2. The Kier molecular flexibility index (Phi) is 4.51. The summed E-state index contributed by atoms with van der Waals surface area (Å²) in [5, 5.41) is 3.42. The summed E-state index contributed by atoms with van der Waals surface area (Å²) in [5.41, 5.74) is 7.32. The fourth-order valence-electron chi connectivity index (χ4n) is 0.0764. The molecule has 33 valence electrons.